The first-order valence-corrected chi connectivity index (χ1v) is 8.73. The minimum absolute atomic E-state index is 0.0715. The maximum atomic E-state index is 13.0. The van der Waals surface area contributed by atoms with Gasteiger partial charge < -0.3 is 9.15 Å². The minimum Gasteiger partial charge on any atom is -0.461 e. The Morgan fingerprint density at radius 2 is 2.12 bits per heavy atom. The Morgan fingerprint density at radius 1 is 1.42 bits per heavy atom. The lowest BCUT2D eigenvalue weighted by molar-refractivity contribution is -0.150. The molecule has 0 aromatic carbocycles. The van der Waals surface area contributed by atoms with E-state index in [1.54, 1.807) is 19.3 Å². The Kier molecular flexibility index (Phi) is 4.18. The highest BCUT2D eigenvalue weighted by molar-refractivity contribution is 5.99. The molecule has 0 unspecified atom stereocenters. The largest absolute Gasteiger partial charge is 0.461 e. The zero-order valence-corrected chi connectivity index (χ0v) is 15.1. The molecule has 0 aliphatic heterocycles. The van der Waals surface area contributed by atoms with E-state index in [9.17, 15) is 9.59 Å². The normalized spacial score (nSPS) is 33.0. The topological polar surface area (TPSA) is 56.5 Å². The molecule has 0 bridgehead atoms. The van der Waals surface area contributed by atoms with E-state index >= 15 is 0 Å². The van der Waals surface area contributed by atoms with Crippen molar-refractivity contribution in [3.8, 4) is 0 Å². The highest BCUT2D eigenvalue weighted by Gasteiger charge is 2.53. The summed E-state index contributed by atoms with van der Waals surface area (Å²) in [7, 11) is 0. The fourth-order valence-corrected chi connectivity index (χ4v) is 4.23. The Morgan fingerprint density at radius 3 is 2.79 bits per heavy atom. The summed E-state index contributed by atoms with van der Waals surface area (Å²) in [5.41, 5.74) is 2.63. The van der Waals surface area contributed by atoms with Crippen molar-refractivity contribution in [2.75, 3.05) is 0 Å². The Labute approximate surface area is 143 Å². The van der Waals surface area contributed by atoms with Crippen LogP contribution in [0.2, 0.25) is 0 Å². The molecule has 1 aromatic heterocycles. The molecule has 0 amide bonds. The molecule has 1 saturated carbocycles. The van der Waals surface area contributed by atoms with Gasteiger partial charge in [-0.1, -0.05) is 19.9 Å². The highest BCUT2D eigenvalue weighted by Crippen LogP contribution is 2.53. The number of ether oxygens (including phenoxy) is 1. The van der Waals surface area contributed by atoms with E-state index in [-0.39, 0.29) is 29.2 Å². The van der Waals surface area contributed by atoms with Crippen molar-refractivity contribution in [2.24, 2.45) is 17.3 Å². The zero-order chi connectivity index (χ0) is 17.6. The maximum Gasteiger partial charge on any atom is 0.333 e. The van der Waals surface area contributed by atoms with Gasteiger partial charge in [-0.2, -0.15) is 0 Å². The number of furan rings is 1. The van der Waals surface area contributed by atoms with Crippen molar-refractivity contribution >= 4 is 11.8 Å². The summed E-state index contributed by atoms with van der Waals surface area (Å²) in [6.45, 7) is 9.94. The smallest absolute Gasteiger partial charge is 0.333 e. The number of fused-ring (bicyclic) bond motifs is 2. The van der Waals surface area contributed by atoms with Crippen LogP contribution in [0, 0.1) is 24.2 Å². The molecule has 2 aliphatic rings. The third-order valence-electron chi connectivity index (χ3n) is 6.27. The summed E-state index contributed by atoms with van der Waals surface area (Å²) < 4.78 is 11.2. The number of hydrogen-bond acceptors (Lipinski definition) is 4. The first kappa shape index (κ1) is 17.0. The van der Waals surface area contributed by atoms with Gasteiger partial charge in [-0.25, -0.2) is 4.79 Å². The van der Waals surface area contributed by atoms with E-state index in [2.05, 4.69) is 13.8 Å². The molecule has 3 rings (SSSR count). The molecule has 4 atom stereocenters. The van der Waals surface area contributed by atoms with Crippen LogP contribution in [0.5, 0.6) is 0 Å². The molecule has 0 spiro atoms. The number of ketones is 1. The number of allylic oxidation sites excluding steroid dienone is 1. The first-order valence-electron chi connectivity index (χ1n) is 8.73. The van der Waals surface area contributed by atoms with E-state index < -0.39 is 0 Å². The van der Waals surface area contributed by atoms with E-state index in [1.165, 1.54) is 0 Å². The van der Waals surface area contributed by atoms with Gasteiger partial charge in [0.05, 0.1) is 6.26 Å². The third-order valence-corrected chi connectivity index (χ3v) is 6.27. The molecule has 24 heavy (non-hydrogen) atoms. The summed E-state index contributed by atoms with van der Waals surface area (Å²) in [5.74, 6) is 0.450. The second kappa shape index (κ2) is 5.91. The average molecular weight is 330 g/mol. The fourth-order valence-electron chi connectivity index (χ4n) is 4.23. The molecule has 130 valence electrons. The lowest BCUT2D eigenvalue weighted by Crippen LogP contribution is -2.50. The van der Waals surface area contributed by atoms with E-state index in [0.29, 0.717) is 23.7 Å². The molecule has 4 nitrogen and oxygen atoms in total. The van der Waals surface area contributed by atoms with Crippen molar-refractivity contribution in [3.63, 3.8) is 0 Å². The second-order valence-electron chi connectivity index (χ2n) is 7.70. The molecule has 0 saturated heterocycles. The van der Waals surface area contributed by atoms with Crippen molar-refractivity contribution in [2.45, 2.75) is 60.0 Å². The van der Waals surface area contributed by atoms with Gasteiger partial charge in [0.1, 0.15) is 6.10 Å². The first-order chi connectivity index (χ1) is 11.3. The van der Waals surface area contributed by atoms with Crippen LogP contribution in [0.3, 0.4) is 0 Å². The fraction of sp³-hybridized carbons (Fsp3) is 0.600. The summed E-state index contributed by atoms with van der Waals surface area (Å²) >= 11 is 0. The van der Waals surface area contributed by atoms with E-state index in [4.69, 9.17) is 9.15 Å². The van der Waals surface area contributed by atoms with Crippen LogP contribution in [0.15, 0.2) is 22.3 Å². The van der Waals surface area contributed by atoms with Crippen molar-refractivity contribution in [1.29, 1.82) is 0 Å². The van der Waals surface area contributed by atoms with Crippen LogP contribution in [0.4, 0.5) is 0 Å². The van der Waals surface area contributed by atoms with Crippen molar-refractivity contribution in [1.82, 2.24) is 0 Å². The van der Waals surface area contributed by atoms with Crippen molar-refractivity contribution < 1.29 is 18.7 Å². The molecule has 4 heteroatoms. The molecular weight excluding hydrogens is 304 g/mol. The number of aryl methyl sites for hydroxylation is 1. The zero-order valence-electron chi connectivity index (χ0n) is 15.1. The predicted octanol–water partition coefficient (Wildman–Crippen LogP) is 4.26. The van der Waals surface area contributed by atoms with Gasteiger partial charge in [0.2, 0.25) is 5.78 Å². The quantitative estimate of drug-likeness (QED) is 0.600. The summed E-state index contributed by atoms with van der Waals surface area (Å²) in [5, 5.41) is 0. The van der Waals surface area contributed by atoms with Crippen molar-refractivity contribution in [3.05, 3.63) is 34.8 Å². The predicted molar refractivity (Wildman–Crippen MR) is 90.8 cm³/mol. The Hall–Kier alpha value is -1.84. The number of hydrogen-bond donors (Lipinski definition) is 0. The molecular formula is C20H26O4. The lowest BCUT2D eigenvalue weighted by atomic mass is 9.54. The van der Waals surface area contributed by atoms with Gasteiger partial charge in [-0.3, -0.25) is 4.79 Å². The molecule has 0 N–H and O–H groups in total. The van der Waals surface area contributed by atoms with Crippen LogP contribution in [-0.2, 0) is 16.0 Å². The maximum absolute atomic E-state index is 13.0. The van der Waals surface area contributed by atoms with Gasteiger partial charge in [0, 0.05) is 17.1 Å². The van der Waals surface area contributed by atoms with Gasteiger partial charge >= 0.3 is 5.97 Å². The highest BCUT2D eigenvalue weighted by atomic mass is 16.5. The summed E-state index contributed by atoms with van der Waals surface area (Å²) in [4.78, 5) is 25.1. The van der Waals surface area contributed by atoms with Crippen LogP contribution in [0.25, 0.3) is 0 Å². The van der Waals surface area contributed by atoms with Crippen LogP contribution < -0.4 is 0 Å². The van der Waals surface area contributed by atoms with E-state index in [0.717, 1.165) is 24.0 Å². The number of Topliss-reactive ketones (excluding diaryl/α,β-unsaturated/α-hetero) is 1. The SMILES string of the molecule is CC=C(C)C(=O)O[C@@H]1C[C@@H](C)[C@@]2(C)Cc3c(C)coc3C(=O)[C@@H]2C1. The summed E-state index contributed by atoms with van der Waals surface area (Å²) in [6, 6.07) is 0. The number of rotatable bonds is 2. The van der Waals surface area contributed by atoms with Crippen LogP contribution >= 0.6 is 0 Å². The second-order valence-corrected chi connectivity index (χ2v) is 7.70. The summed E-state index contributed by atoms with van der Waals surface area (Å²) in [6.07, 6.45) is 5.47. The third kappa shape index (κ3) is 2.52. The van der Waals surface area contributed by atoms with Crippen LogP contribution in [0.1, 0.15) is 62.2 Å². The number of esters is 1. The standard InChI is InChI=1S/C20H26O4/c1-6-11(2)19(22)24-14-7-13(4)20(5)9-15-12(3)10-23-18(15)17(21)16(20)8-14/h6,10,13-14,16H,7-9H2,1-5H3/t13-,14-,16+,20-/m1/s1. The molecule has 1 heterocycles. The van der Waals surface area contributed by atoms with E-state index in [1.807, 2.05) is 13.8 Å². The number of carbonyl (C=O) groups is 2. The Balaban J connectivity index is 1.87. The molecule has 1 fully saturated rings. The van der Waals surface area contributed by atoms with Crippen LogP contribution in [-0.4, -0.2) is 17.9 Å². The van der Waals surface area contributed by atoms with Gasteiger partial charge in [-0.15, -0.1) is 0 Å². The van der Waals surface area contributed by atoms with Gasteiger partial charge in [0.15, 0.2) is 5.76 Å². The minimum atomic E-state index is -0.281. The Bertz CT molecular complexity index is 711. The lowest BCUT2D eigenvalue weighted by Gasteiger charge is -2.49. The number of carbonyl (C=O) groups excluding carboxylic acids is 2. The monoisotopic (exact) mass is 330 g/mol. The molecule has 1 aromatic rings. The molecule has 2 aliphatic carbocycles. The molecule has 0 radical (unpaired) electrons. The van der Waals surface area contributed by atoms with Gasteiger partial charge in [0.25, 0.3) is 0 Å². The van der Waals surface area contributed by atoms with Gasteiger partial charge in [-0.05, 0) is 56.9 Å². The average Bonchev–Trinajstić information content (AvgIpc) is 2.90.